The average Bonchev–Trinajstić information content (AvgIpc) is 2.74. The van der Waals surface area contributed by atoms with E-state index in [1.54, 1.807) is 4.90 Å². The number of carbonyl (C=O) groups excluding carboxylic acids is 2. The van der Waals surface area contributed by atoms with E-state index in [4.69, 9.17) is 0 Å². The van der Waals surface area contributed by atoms with Crippen molar-refractivity contribution in [2.45, 2.75) is 50.0 Å². The molecule has 2 atom stereocenters. The van der Waals surface area contributed by atoms with E-state index < -0.39 is 5.41 Å². The van der Waals surface area contributed by atoms with Crippen LogP contribution in [0.4, 0.5) is 0 Å². The van der Waals surface area contributed by atoms with Gasteiger partial charge in [-0.1, -0.05) is 49.8 Å². The normalized spacial score (nSPS) is 24.5. The van der Waals surface area contributed by atoms with Crippen molar-refractivity contribution in [3.05, 3.63) is 48.6 Å². The summed E-state index contributed by atoms with van der Waals surface area (Å²) in [5, 5.41) is 12.6. The molecule has 0 aromatic heterocycles. The first-order valence-electron chi connectivity index (χ1n) is 9.78. The highest BCUT2D eigenvalue weighted by atomic mass is 16.2. The van der Waals surface area contributed by atoms with Crippen LogP contribution in [0.5, 0.6) is 0 Å². The molecule has 1 saturated carbocycles. The minimum atomic E-state index is -0.656. The number of hydrogen-bond acceptors (Lipinski definition) is 3. The molecule has 2 amide bonds. The van der Waals surface area contributed by atoms with Crippen LogP contribution in [0.1, 0.15) is 44.1 Å². The maximum atomic E-state index is 13.5. The summed E-state index contributed by atoms with van der Waals surface area (Å²) in [4.78, 5) is 27.2. The third-order valence-corrected chi connectivity index (χ3v) is 6.11. The van der Waals surface area contributed by atoms with E-state index in [0.717, 1.165) is 31.2 Å². The van der Waals surface area contributed by atoms with Gasteiger partial charge in [-0.3, -0.25) is 9.59 Å². The standard InChI is InChI=1S/C22H27N3O2/c1-2-20(26)25-14-12-22(13-15-25,18-9-4-3-5-10-18)21(27)24-19-11-7-6-8-17(19)16-23/h2-5,9-10,17,19H,1,6-8,11-15H2,(H,24,27). The second-order valence-electron chi connectivity index (χ2n) is 7.58. The van der Waals surface area contributed by atoms with Crippen molar-refractivity contribution in [1.29, 1.82) is 5.26 Å². The fraction of sp³-hybridized carbons (Fsp3) is 0.500. The van der Waals surface area contributed by atoms with Gasteiger partial charge in [0.2, 0.25) is 11.8 Å². The van der Waals surface area contributed by atoms with Crippen LogP contribution in [-0.4, -0.2) is 35.8 Å². The molecule has 1 aromatic carbocycles. The summed E-state index contributed by atoms with van der Waals surface area (Å²) in [5.74, 6) is -0.210. The van der Waals surface area contributed by atoms with Crippen LogP contribution >= 0.6 is 0 Å². The molecule has 1 heterocycles. The van der Waals surface area contributed by atoms with Crippen molar-refractivity contribution in [1.82, 2.24) is 10.2 Å². The molecule has 5 nitrogen and oxygen atoms in total. The molecule has 2 aliphatic rings. The molecule has 27 heavy (non-hydrogen) atoms. The van der Waals surface area contributed by atoms with Crippen molar-refractivity contribution in [2.24, 2.45) is 5.92 Å². The summed E-state index contributed by atoms with van der Waals surface area (Å²) >= 11 is 0. The van der Waals surface area contributed by atoms with Gasteiger partial charge in [0.1, 0.15) is 0 Å². The number of piperidine rings is 1. The van der Waals surface area contributed by atoms with Crippen molar-refractivity contribution in [3.63, 3.8) is 0 Å². The highest BCUT2D eigenvalue weighted by Gasteiger charge is 2.44. The summed E-state index contributed by atoms with van der Waals surface area (Å²) in [5.41, 5.74) is 0.328. The summed E-state index contributed by atoms with van der Waals surface area (Å²) in [6.45, 7) is 4.61. The number of hydrogen-bond donors (Lipinski definition) is 1. The average molecular weight is 365 g/mol. The molecule has 142 valence electrons. The highest BCUT2D eigenvalue weighted by molar-refractivity contribution is 5.90. The van der Waals surface area contributed by atoms with Crippen LogP contribution in [0.2, 0.25) is 0 Å². The van der Waals surface area contributed by atoms with Gasteiger partial charge in [0.15, 0.2) is 0 Å². The van der Waals surface area contributed by atoms with E-state index in [9.17, 15) is 14.9 Å². The Balaban J connectivity index is 1.83. The molecule has 1 saturated heterocycles. The van der Waals surface area contributed by atoms with E-state index in [1.165, 1.54) is 6.08 Å². The molecule has 0 radical (unpaired) electrons. The Hall–Kier alpha value is -2.61. The highest BCUT2D eigenvalue weighted by Crippen LogP contribution is 2.37. The minimum absolute atomic E-state index is 0.00782. The Kier molecular flexibility index (Phi) is 5.95. The van der Waals surface area contributed by atoms with Gasteiger partial charge < -0.3 is 10.2 Å². The topological polar surface area (TPSA) is 73.2 Å². The number of likely N-dealkylation sites (tertiary alicyclic amines) is 1. The number of rotatable bonds is 4. The Bertz CT molecular complexity index is 730. The zero-order valence-electron chi connectivity index (χ0n) is 15.7. The summed E-state index contributed by atoms with van der Waals surface area (Å²) in [7, 11) is 0. The Morgan fingerprint density at radius 2 is 1.85 bits per heavy atom. The molecule has 5 heteroatoms. The molecule has 0 bridgehead atoms. The number of nitrogens with zero attached hydrogens (tertiary/aromatic N) is 2. The van der Waals surface area contributed by atoms with Gasteiger partial charge in [-0.2, -0.15) is 5.26 Å². The predicted molar refractivity (Wildman–Crippen MR) is 104 cm³/mol. The van der Waals surface area contributed by atoms with E-state index in [0.29, 0.717) is 25.9 Å². The van der Waals surface area contributed by atoms with Gasteiger partial charge in [-0.05, 0) is 37.3 Å². The maximum absolute atomic E-state index is 13.5. The molecule has 3 rings (SSSR count). The van der Waals surface area contributed by atoms with E-state index in [1.807, 2.05) is 30.3 Å². The van der Waals surface area contributed by atoms with Crippen LogP contribution in [0.15, 0.2) is 43.0 Å². The van der Waals surface area contributed by atoms with Crippen LogP contribution < -0.4 is 5.32 Å². The van der Waals surface area contributed by atoms with Crippen molar-refractivity contribution in [2.75, 3.05) is 13.1 Å². The van der Waals surface area contributed by atoms with E-state index in [2.05, 4.69) is 18.0 Å². The number of nitriles is 1. The molecular formula is C22H27N3O2. The fourth-order valence-corrected chi connectivity index (χ4v) is 4.41. The first kappa shape index (κ1) is 19.2. The van der Waals surface area contributed by atoms with Gasteiger partial charge in [0, 0.05) is 19.1 Å². The Labute approximate surface area is 161 Å². The molecule has 1 aromatic rings. The van der Waals surface area contributed by atoms with E-state index >= 15 is 0 Å². The van der Waals surface area contributed by atoms with Gasteiger partial charge >= 0.3 is 0 Å². The third kappa shape index (κ3) is 3.90. The van der Waals surface area contributed by atoms with Gasteiger partial charge in [0.25, 0.3) is 0 Å². The minimum Gasteiger partial charge on any atom is -0.351 e. The number of amides is 2. The Morgan fingerprint density at radius 1 is 1.19 bits per heavy atom. The number of carbonyl (C=O) groups is 2. The van der Waals surface area contributed by atoms with Gasteiger partial charge in [0.05, 0.1) is 17.4 Å². The lowest BCUT2D eigenvalue weighted by Crippen LogP contribution is -2.55. The van der Waals surface area contributed by atoms with Crippen molar-refractivity contribution >= 4 is 11.8 Å². The second-order valence-corrected chi connectivity index (χ2v) is 7.58. The lowest BCUT2D eigenvalue weighted by atomic mass is 9.71. The number of nitrogens with one attached hydrogen (secondary N) is 1. The SMILES string of the molecule is C=CC(=O)N1CCC(C(=O)NC2CCCCC2C#N)(c2ccccc2)CC1. The lowest BCUT2D eigenvalue weighted by Gasteiger charge is -2.42. The van der Waals surface area contributed by atoms with Crippen molar-refractivity contribution < 1.29 is 9.59 Å². The van der Waals surface area contributed by atoms with Crippen LogP contribution in [-0.2, 0) is 15.0 Å². The smallest absolute Gasteiger partial charge is 0.245 e. The quantitative estimate of drug-likeness (QED) is 0.834. The van der Waals surface area contributed by atoms with E-state index in [-0.39, 0.29) is 23.8 Å². The lowest BCUT2D eigenvalue weighted by molar-refractivity contribution is -0.134. The monoisotopic (exact) mass is 365 g/mol. The zero-order valence-corrected chi connectivity index (χ0v) is 15.7. The fourth-order valence-electron chi connectivity index (χ4n) is 4.41. The third-order valence-electron chi connectivity index (χ3n) is 6.11. The van der Waals surface area contributed by atoms with Crippen LogP contribution in [0, 0.1) is 17.2 Å². The summed E-state index contributed by atoms with van der Waals surface area (Å²) in [6.07, 6.45) is 6.28. The second kappa shape index (κ2) is 8.39. The largest absolute Gasteiger partial charge is 0.351 e. The molecule has 1 aliphatic heterocycles. The molecule has 0 spiro atoms. The summed E-state index contributed by atoms with van der Waals surface area (Å²) in [6, 6.07) is 12.1. The first-order valence-corrected chi connectivity index (χ1v) is 9.78. The molecule has 2 fully saturated rings. The predicted octanol–water partition coefficient (Wildman–Crippen LogP) is 2.93. The van der Waals surface area contributed by atoms with Crippen LogP contribution in [0.3, 0.4) is 0 Å². The number of benzene rings is 1. The summed E-state index contributed by atoms with van der Waals surface area (Å²) < 4.78 is 0. The Morgan fingerprint density at radius 3 is 2.48 bits per heavy atom. The van der Waals surface area contributed by atoms with Crippen molar-refractivity contribution in [3.8, 4) is 6.07 Å². The van der Waals surface area contributed by atoms with Gasteiger partial charge in [-0.25, -0.2) is 0 Å². The zero-order chi connectivity index (χ0) is 19.3. The molecule has 1 N–H and O–H groups in total. The maximum Gasteiger partial charge on any atom is 0.245 e. The first-order chi connectivity index (χ1) is 13.1. The molecule has 2 unspecified atom stereocenters. The molecular weight excluding hydrogens is 338 g/mol. The molecule has 1 aliphatic carbocycles. The van der Waals surface area contributed by atoms with Gasteiger partial charge in [-0.15, -0.1) is 0 Å². The van der Waals surface area contributed by atoms with Crippen LogP contribution in [0.25, 0.3) is 0 Å².